The van der Waals surface area contributed by atoms with Gasteiger partial charge in [0.2, 0.25) is 0 Å². The fourth-order valence-electron chi connectivity index (χ4n) is 1.66. The van der Waals surface area contributed by atoms with Gasteiger partial charge in [0.15, 0.2) is 0 Å². The third-order valence-electron chi connectivity index (χ3n) is 5.00. The third-order valence-corrected chi connectivity index (χ3v) is 5.00. The maximum atomic E-state index is 8.56. The van der Waals surface area contributed by atoms with Crippen molar-refractivity contribution in [1.82, 2.24) is 0 Å². The van der Waals surface area contributed by atoms with Crippen LogP contribution in [0.4, 0.5) is 9.59 Å². The molecule has 0 aliphatic heterocycles. The Balaban J connectivity index is -0.0000000766. The fourth-order valence-corrected chi connectivity index (χ4v) is 1.66. The van der Waals surface area contributed by atoms with Gasteiger partial charge in [-0.1, -0.05) is 107 Å². The van der Waals surface area contributed by atoms with Crippen LogP contribution in [0.2, 0.25) is 0 Å². The molecule has 0 saturated carbocycles. The summed E-state index contributed by atoms with van der Waals surface area (Å²) in [7, 11) is 0. The molecule has 0 bridgehead atoms. The Bertz CT molecular complexity index is 343. The van der Waals surface area contributed by atoms with Crippen molar-refractivity contribution in [2.45, 2.75) is 146 Å². The monoisotopic (exact) mass is 532 g/mol. The Morgan fingerprint density at radius 1 is 0.556 bits per heavy atom. The number of hydrogen-bond donors (Lipinski definition) is 6. The summed E-state index contributed by atoms with van der Waals surface area (Å²) >= 11 is 0. The summed E-state index contributed by atoms with van der Waals surface area (Å²) in [6.45, 7) is 21.2. The number of rotatable bonds is 12. The van der Waals surface area contributed by atoms with Crippen molar-refractivity contribution in [2.75, 3.05) is 0 Å². The lowest BCUT2D eigenvalue weighted by molar-refractivity contribution is -0.274. The Hall–Kier alpha value is -1.62. The van der Waals surface area contributed by atoms with Gasteiger partial charge in [-0.15, -0.1) is 0 Å². The summed E-state index contributed by atoms with van der Waals surface area (Å²) in [5.41, 5.74) is 0. The van der Waals surface area contributed by atoms with E-state index in [0.29, 0.717) is 0 Å². The minimum Gasteiger partial charge on any atom is -0.450 e. The highest BCUT2D eigenvalue weighted by Crippen LogP contribution is 2.10. The lowest BCUT2D eigenvalue weighted by Crippen LogP contribution is -2.00. The van der Waals surface area contributed by atoms with Crippen LogP contribution in [0, 0.1) is 11.8 Å². The highest BCUT2D eigenvalue weighted by Gasteiger charge is 1.95. The number of unbranched alkanes of at least 4 members (excludes halogenated alkanes) is 2. The molecule has 224 valence electrons. The molecule has 10 nitrogen and oxygen atoms in total. The predicted octanol–water partition coefficient (Wildman–Crippen LogP) is 9.44. The van der Waals surface area contributed by atoms with Crippen LogP contribution >= 0.6 is 0 Å². The average Bonchev–Trinajstić information content (AvgIpc) is 2.84. The van der Waals surface area contributed by atoms with E-state index < -0.39 is 12.3 Å². The molecule has 0 aromatic rings. The van der Waals surface area contributed by atoms with E-state index in [1.807, 2.05) is 13.8 Å². The standard InChI is InChI=1S/2C8H18.2C4H10O2.2CH2O3/c2*1-4-6-7-8(3)5-2;2*1-3-4(2)6-5;2*2-1(3)4/h2*8H,4-7H2,1-3H3;2*4-5H,3H2,1-2H3;2*(H2,2,3,4). The SMILES string of the molecule is CCC(C)OO.CCC(C)OO.CCCCC(C)CC.CCCCC(C)CC.O=C(O)O.O=C(O)O. The molecule has 4 unspecified atom stereocenters. The average molecular weight is 533 g/mol. The van der Waals surface area contributed by atoms with E-state index in [2.05, 4.69) is 51.3 Å². The molecule has 0 saturated heterocycles. The molecule has 0 aromatic carbocycles. The number of carbonyl (C=O) groups is 2. The van der Waals surface area contributed by atoms with Gasteiger partial charge in [0.1, 0.15) is 0 Å². The Morgan fingerprint density at radius 3 is 0.861 bits per heavy atom. The molecule has 0 aromatic heterocycles. The smallest absolute Gasteiger partial charge is 0.450 e. The molecular weight excluding hydrogens is 472 g/mol. The van der Waals surface area contributed by atoms with Gasteiger partial charge >= 0.3 is 12.3 Å². The Kier molecular flexibility index (Phi) is 57.4. The summed E-state index contributed by atoms with van der Waals surface area (Å²) in [5.74, 6) is 1.91. The van der Waals surface area contributed by atoms with Crippen molar-refractivity contribution in [3.05, 3.63) is 0 Å². The van der Waals surface area contributed by atoms with E-state index in [1.165, 1.54) is 51.4 Å². The summed E-state index contributed by atoms with van der Waals surface area (Å²) in [5, 5.41) is 43.6. The fraction of sp³-hybridized carbons (Fsp3) is 0.923. The summed E-state index contributed by atoms with van der Waals surface area (Å²) in [6, 6.07) is 0. The van der Waals surface area contributed by atoms with E-state index >= 15 is 0 Å². The maximum Gasteiger partial charge on any atom is 0.503 e. The van der Waals surface area contributed by atoms with Crippen molar-refractivity contribution in [3.8, 4) is 0 Å². The van der Waals surface area contributed by atoms with E-state index in [1.54, 1.807) is 13.8 Å². The number of hydrogen-bond acceptors (Lipinski definition) is 6. The minimum absolute atomic E-state index is 0.00926. The zero-order chi connectivity index (χ0) is 29.9. The summed E-state index contributed by atoms with van der Waals surface area (Å²) in [6.07, 6.45) is 9.10. The molecule has 0 rings (SSSR count). The molecule has 6 N–H and O–H groups in total. The van der Waals surface area contributed by atoms with Gasteiger partial charge in [0.25, 0.3) is 0 Å². The van der Waals surface area contributed by atoms with Gasteiger partial charge < -0.3 is 20.4 Å². The van der Waals surface area contributed by atoms with Crippen LogP contribution in [0.5, 0.6) is 0 Å². The highest BCUT2D eigenvalue weighted by atomic mass is 17.1. The minimum atomic E-state index is -1.83. The van der Waals surface area contributed by atoms with Crippen LogP contribution in [-0.2, 0) is 9.78 Å². The highest BCUT2D eigenvalue weighted by molar-refractivity contribution is 5.53. The lowest BCUT2D eigenvalue weighted by atomic mass is 10.0. The number of carboxylic acid groups (broad SMARTS) is 4. The van der Waals surface area contributed by atoms with Crippen LogP contribution in [0.15, 0.2) is 0 Å². The third kappa shape index (κ3) is 94.4. The maximum absolute atomic E-state index is 8.56. The Labute approximate surface area is 220 Å². The predicted molar refractivity (Wildman–Crippen MR) is 146 cm³/mol. The van der Waals surface area contributed by atoms with Gasteiger partial charge in [0.05, 0.1) is 12.2 Å². The first-order chi connectivity index (χ1) is 16.7. The molecule has 0 radical (unpaired) electrons. The van der Waals surface area contributed by atoms with Crippen molar-refractivity contribution < 1.29 is 50.3 Å². The zero-order valence-corrected chi connectivity index (χ0v) is 24.7. The second kappa shape index (κ2) is 43.5. The first kappa shape index (κ1) is 47.6. The lowest BCUT2D eigenvalue weighted by Gasteiger charge is -2.04. The van der Waals surface area contributed by atoms with Crippen LogP contribution in [-0.4, -0.2) is 55.5 Å². The largest absolute Gasteiger partial charge is 0.503 e. The van der Waals surface area contributed by atoms with Gasteiger partial charge in [-0.05, 0) is 38.5 Å². The quantitative estimate of drug-likeness (QED) is 0.105. The molecule has 4 atom stereocenters. The first-order valence-electron chi connectivity index (χ1n) is 13.1. The topological polar surface area (TPSA) is 174 Å². The molecule has 36 heavy (non-hydrogen) atoms. The van der Waals surface area contributed by atoms with Crippen molar-refractivity contribution in [2.24, 2.45) is 11.8 Å². The van der Waals surface area contributed by atoms with Gasteiger partial charge in [0, 0.05) is 0 Å². The zero-order valence-electron chi connectivity index (χ0n) is 24.7. The molecule has 0 aliphatic carbocycles. The van der Waals surface area contributed by atoms with Crippen LogP contribution in [0.3, 0.4) is 0 Å². The van der Waals surface area contributed by atoms with Crippen molar-refractivity contribution >= 4 is 12.3 Å². The van der Waals surface area contributed by atoms with E-state index in [9.17, 15) is 0 Å². The Morgan fingerprint density at radius 2 is 0.778 bits per heavy atom. The van der Waals surface area contributed by atoms with E-state index in [4.69, 9.17) is 40.5 Å². The summed E-state index contributed by atoms with van der Waals surface area (Å²) < 4.78 is 0. The van der Waals surface area contributed by atoms with Crippen molar-refractivity contribution in [1.29, 1.82) is 0 Å². The molecule has 0 amide bonds. The van der Waals surface area contributed by atoms with Gasteiger partial charge in [-0.3, -0.25) is 10.5 Å². The van der Waals surface area contributed by atoms with Crippen LogP contribution < -0.4 is 0 Å². The molecular formula is C26H60O10. The molecule has 0 fully saturated rings. The molecule has 0 heterocycles. The van der Waals surface area contributed by atoms with Gasteiger partial charge in [-0.2, -0.15) is 0 Å². The van der Waals surface area contributed by atoms with E-state index in [-0.39, 0.29) is 12.2 Å². The van der Waals surface area contributed by atoms with Gasteiger partial charge in [-0.25, -0.2) is 19.4 Å². The summed E-state index contributed by atoms with van der Waals surface area (Å²) in [4.78, 5) is 24.9. The van der Waals surface area contributed by atoms with Crippen molar-refractivity contribution in [3.63, 3.8) is 0 Å². The second-order valence-corrected chi connectivity index (χ2v) is 8.52. The molecule has 10 heteroatoms. The molecule has 0 spiro atoms. The van der Waals surface area contributed by atoms with E-state index in [0.717, 1.165) is 24.7 Å². The molecule has 0 aliphatic rings. The normalized spacial score (nSPS) is 12.3. The van der Waals surface area contributed by atoms with Crippen LogP contribution in [0.1, 0.15) is 133 Å². The first-order valence-corrected chi connectivity index (χ1v) is 13.1. The van der Waals surface area contributed by atoms with Crippen LogP contribution in [0.25, 0.3) is 0 Å². The second-order valence-electron chi connectivity index (χ2n) is 8.52.